The van der Waals surface area contributed by atoms with Gasteiger partial charge in [0.1, 0.15) is 17.7 Å². The summed E-state index contributed by atoms with van der Waals surface area (Å²) in [5.74, 6) is -2.44. The molecule has 1 aliphatic rings. The average molecular weight is 510 g/mol. The van der Waals surface area contributed by atoms with Gasteiger partial charge in [-0.1, -0.05) is 12.1 Å². The van der Waals surface area contributed by atoms with Crippen LogP contribution in [0.25, 0.3) is 16.2 Å². The molecule has 1 unspecified atom stereocenters. The molecule has 2 aromatic carbocycles. The predicted molar refractivity (Wildman–Crippen MR) is 135 cm³/mol. The number of nitrogens with zero attached hydrogens (tertiary/aromatic N) is 2. The molecule has 1 aliphatic carbocycles. The number of carbonyl (C=O) groups is 2. The van der Waals surface area contributed by atoms with E-state index in [1.165, 1.54) is 10.6 Å². The van der Waals surface area contributed by atoms with E-state index in [0.29, 0.717) is 5.69 Å². The summed E-state index contributed by atoms with van der Waals surface area (Å²) in [6.45, 7) is 1.54. The Morgan fingerprint density at radius 2 is 1.92 bits per heavy atom. The molecule has 186 valence electrons. The van der Waals surface area contributed by atoms with E-state index in [-0.39, 0.29) is 18.0 Å². The highest BCUT2D eigenvalue weighted by atomic mass is 32.1. The minimum atomic E-state index is -0.838. The van der Waals surface area contributed by atoms with Crippen molar-refractivity contribution in [2.24, 2.45) is 5.73 Å². The number of hydrogen-bond acceptors (Lipinski definition) is 5. The molecule has 7 nitrogen and oxygen atoms in total. The number of halogens is 2. The highest BCUT2D eigenvalue weighted by Crippen LogP contribution is 2.32. The number of fused-ring (bicyclic) bond motifs is 3. The summed E-state index contributed by atoms with van der Waals surface area (Å²) >= 11 is 1.68. The van der Waals surface area contributed by atoms with Crippen molar-refractivity contribution in [1.82, 2.24) is 14.7 Å². The number of benzene rings is 2. The summed E-state index contributed by atoms with van der Waals surface area (Å²) in [5.41, 5.74) is 9.93. The van der Waals surface area contributed by atoms with E-state index in [4.69, 9.17) is 10.7 Å². The Balaban J connectivity index is 1.19. The maximum Gasteiger partial charge on any atom is 0.246 e. The van der Waals surface area contributed by atoms with E-state index in [1.807, 2.05) is 18.3 Å². The molecule has 2 heterocycles. The molecular weight excluding hydrogens is 484 g/mol. The van der Waals surface area contributed by atoms with Crippen molar-refractivity contribution in [3.05, 3.63) is 76.4 Å². The second-order valence-electron chi connectivity index (χ2n) is 9.06. The van der Waals surface area contributed by atoms with Crippen LogP contribution in [0.4, 0.5) is 14.5 Å². The van der Waals surface area contributed by atoms with Crippen molar-refractivity contribution < 1.29 is 18.4 Å². The fourth-order valence-electron chi connectivity index (χ4n) is 4.38. The summed E-state index contributed by atoms with van der Waals surface area (Å²) < 4.78 is 28.8. The van der Waals surface area contributed by atoms with Crippen LogP contribution < -0.4 is 16.4 Å². The first kappa shape index (κ1) is 24.1. The van der Waals surface area contributed by atoms with Gasteiger partial charge in [-0.05, 0) is 56.0 Å². The van der Waals surface area contributed by atoms with Crippen LogP contribution in [-0.4, -0.2) is 33.3 Å². The quantitative estimate of drug-likeness (QED) is 0.368. The molecule has 0 fully saturated rings. The smallest absolute Gasteiger partial charge is 0.246 e. The topological polar surface area (TPSA) is 102 Å². The van der Waals surface area contributed by atoms with Gasteiger partial charge in [0.15, 0.2) is 4.96 Å². The molecule has 5 rings (SSSR count). The van der Waals surface area contributed by atoms with Crippen molar-refractivity contribution in [2.75, 3.05) is 5.32 Å². The lowest BCUT2D eigenvalue weighted by Gasteiger charge is -2.17. The van der Waals surface area contributed by atoms with Crippen molar-refractivity contribution in [3.8, 4) is 11.3 Å². The summed E-state index contributed by atoms with van der Waals surface area (Å²) in [7, 11) is 0. The minimum Gasteiger partial charge on any atom is -0.344 e. The first-order valence-corrected chi connectivity index (χ1v) is 12.5. The molecular formula is C26H25F2N5O2S. The Labute approximate surface area is 210 Å². The normalized spacial score (nSPS) is 15.9. The molecule has 4 aromatic rings. The molecule has 2 amide bonds. The van der Waals surface area contributed by atoms with Gasteiger partial charge in [-0.2, -0.15) is 0 Å². The second-order valence-corrected chi connectivity index (χ2v) is 10.1. The molecule has 0 radical (unpaired) electrons. The van der Waals surface area contributed by atoms with Crippen LogP contribution >= 0.6 is 11.3 Å². The van der Waals surface area contributed by atoms with Gasteiger partial charge in [0.25, 0.3) is 0 Å². The zero-order valence-corrected chi connectivity index (χ0v) is 20.4. The summed E-state index contributed by atoms with van der Waals surface area (Å²) in [6, 6.07) is 9.61. The number of imidazole rings is 1. The fourth-order valence-corrected chi connectivity index (χ4v) is 5.63. The summed E-state index contributed by atoms with van der Waals surface area (Å²) in [4.78, 5) is 31.8. The highest BCUT2D eigenvalue weighted by molar-refractivity contribution is 7.17. The first-order chi connectivity index (χ1) is 17.2. The Morgan fingerprint density at radius 3 is 2.64 bits per heavy atom. The number of aromatic nitrogens is 2. The standard InChI is InChI=1S/C26H25F2N5O2S/c1-14(30-24(34)10-15-8-17(27)11-18(28)9-15)25(35)31-20-5-2-16(3-6-20)21-13-33-22-7-4-19(29)12-23(22)36-26(33)32-21/h2-3,5-6,8-9,11,13-14,19H,4,7,10,12,29H2,1H3,(H,30,34)(H,31,35)/t14-,19?/m1/s1. The van der Waals surface area contributed by atoms with Crippen molar-refractivity contribution in [2.45, 2.75) is 44.7 Å². The number of nitrogens with one attached hydrogen (secondary N) is 2. The molecule has 4 N–H and O–H groups in total. The van der Waals surface area contributed by atoms with Gasteiger partial charge in [-0.15, -0.1) is 11.3 Å². The van der Waals surface area contributed by atoms with Crippen LogP contribution in [0.3, 0.4) is 0 Å². The zero-order chi connectivity index (χ0) is 25.4. The van der Waals surface area contributed by atoms with Crippen LogP contribution in [-0.2, 0) is 28.9 Å². The zero-order valence-electron chi connectivity index (χ0n) is 19.6. The van der Waals surface area contributed by atoms with Crippen molar-refractivity contribution in [1.29, 1.82) is 0 Å². The first-order valence-electron chi connectivity index (χ1n) is 11.7. The minimum absolute atomic E-state index is 0.191. The lowest BCUT2D eigenvalue weighted by molar-refractivity contribution is -0.125. The second kappa shape index (κ2) is 9.79. The van der Waals surface area contributed by atoms with E-state index in [0.717, 1.165) is 53.7 Å². The third-order valence-corrected chi connectivity index (χ3v) is 7.33. The molecule has 10 heteroatoms. The highest BCUT2D eigenvalue weighted by Gasteiger charge is 2.22. The van der Waals surface area contributed by atoms with Crippen LogP contribution in [0.2, 0.25) is 0 Å². The van der Waals surface area contributed by atoms with E-state index >= 15 is 0 Å². The summed E-state index contributed by atoms with van der Waals surface area (Å²) in [5, 5.41) is 5.31. The monoisotopic (exact) mass is 509 g/mol. The SMILES string of the molecule is C[C@@H](NC(=O)Cc1cc(F)cc(F)c1)C(=O)Nc1ccc(-c2cn3c4c(sc3n2)CC(N)CC4)cc1. The third-order valence-electron chi connectivity index (χ3n) is 6.21. The van der Waals surface area contributed by atoms with Crippen LogP contribution in [0, 0.1) is 11.6 Å². The Kier molecular flexibility index (Phi) is 6.55. The maximum absolute atomic E-state index is 13.3. The van der Waals surface area contributed by atoms with Gasteiger partial charge in [0.2, 0.25) is 11.8 Å². The number of amides is 2. The average Bonchev–Trinajstić information content (AvgIpc) is 3.36. The van der Waals surface area contributed by atoms with Gasteiger partial charge >= 0.3 is 0 Å². The molecule has 0 saturated heterocycles. The van der Waals surface area contributed by atoms with E-state index in [9.17, 15) is 18.4 Å². The van der Waals surface area contributed by atoms with E-state index in [2.05, 4.69) is 15.0 Å². The Bertz CT molecular complexity index is 1430. The lowest BCUT2D eigenvalue weighted by Crippen LogP contribution is -2.42. The lowest BCUT2D eigenvalue weighted by atomic mass is 9.98. The molecule has 2 aromatic heterocycles. The molecule has 36 heavy (non-hydrogen) atoms. The van der Waals surface area contributed by atoms with Gasteiger partial charge in [0.05, 0.1) is 12.1 Å². The van der Waals surface area contributed by atoms with Crippen LogP contribution in [0.5, 0.6) is 0 Å². The van der Waals surface area contributed by atoms with Gasteiger partial charge in [-0.3, -0.25) is 14.0 Å². The van der Waals surface area contributed by atoms with Crippen molar-refractivity contribution in [3.63, 3.8) is 0 Å². The van der Waals surface area contributed by atoms with Gasteiger partial charge in [0, 0.05) is 40.1 Å². The van der Waals surface area contributed by atoms with Crippen molar-refractivity contribution >= 4 is 33.8 Å². The molecule has 0 aliphatic heterocycles. The van der Waals surface area contributed by atoms with E-state index < -0.39 is 29.5 Å². The number of carbonyl (C=O) groups excluding carboxylic acids is 2. The fraction of sp³-hybridized carbons (Fsp3) is 0.269. The van der Waals surface area contributed by atoms with Gasteiger partial charge < -0.3 is 16.4 Å². The number of aryl methyl sites for hydroxylation is 1. The third kappa shape index (κ3) is 5.14. The predicted octanol–water partition coefficient (Wildman–Crippen LogP) is 3.84. The molecule has 0 bridgehead atoms. The largest absolute Gasteiger partial charge is 0.344 e. The molecule has 2 atom stereocenters. The Morgan fingerprint density at radius 1 is 1.19 bits per heavy atom. The number of thiazole rings is 1. The van der Waals surface area contributed by atoms with Gasteiger partial charge in [-0.25, -0.2) is 13.8 Å². The van der Waals surface area contributed by atoms with Crippen LogP contribution in [0.15, 0.2) is 48.7 Å². The van der Waals surface area contributed by atoms with Crippen LogP contribution in [0.1, 0.15) is 29.5 Å². The summed E-state index contributed by atoms with van der Waals surface area (Å²) in [6.07, 6.45) is 4.62. The number of rotatable bonds is 6. The molecule has 0 saturated carbocycles. The molecule has 0 spiro atoms. The number of hydrogen-bond donors (Lipinski definition) is 3. The Hall–Kier alpha value is -3.63. The maximum atomic E-state index is 13.3. The number of nitrogens with two attached hydrogens (primary N) is 1. The van der Waals surface area contributed by atoms with E-state index in [1.54, 1.807) is 30.4 Å². The number of anilines is 1.